The van der Waals surface area contributed by atoms with Crippen molar-refractivity contribution in [3.05, 3.63) is 69.7 Å². The zero-order chi connectivity index (χ0) is 16.8. The van der Waals surface area contributed by atoms with Crippen LogP contribution in [0.5, 0.6) is 0 Å². The molecule has 0 saturated carbocycles. The lowest BCUT2D eigenvalue weighted by Gasteiger charge is -2.26. The molecule has 2 aromatic carbocycles. The molecule has 1 aliphatic rings. The van der Waals surface area contributed by atoms with Crippen molar-refractivity contribution in [2.45, 2.75) is 32.4 Å². The minimum Gasteiger partial charge on any atom is -0.457 e. The highest BCUT2D eigenvalue weighted by Crippen LogP contribution is 2.20. The van der Waals surface area contributed by atoms with Gasteiger partial charge in [-0.1, -0.05) is 52.7 Å². The summed E-state index contributed by atoms with van der Waals surface area (Å²) in [6.07, 6.45) is 3.85. The van der Waals surface area contributed by atoms with E-state index in [1.807, 2.05) is 42.5 Å². The predicted octanol–water partition coefficient (Wildman–Crippen LogP) is 4.79. The highest BCUT2D eigenvalue weighted by molar-refractivity contribution is 9.10. The minimum atomic E-state index is -0.278. The van der Waals surface area contributed by atoms with Gasteiger partial charge in [0, 0.05) is 11.0 Å². The van der Waals surface area contributed by atoms with Gasteiger partial charge >= 0.3 is 5.97 Å². The molecular weight excluding hydrogens is 366 g/mol. The van der Waals surface area contributed by atoms with Gasteiger partial charge < -0.3 is 4.74 Å². The average molecular weight is 388 g/mol. The number of piperidine rings is 1. The van der Waals surface area contributed by atoms with Crippen LogP contribution in [0.1, 0.15) is 40.7 Å². The molecule has 0 unspecified atom stereocenters. The van der Waals surface area contributed by atoms with E-state index in [0.29, 0.717) is 12.2 Å². The second-order valence-electron chi connectivity index (χ2n) is 6.25. The second kappa shape index (κ2) is 8.45. The van der Waals surface area contributed by atoms with Crippen LogP contribution in [-0.2, 0) is 17.9 Å². The normalized spacial score (nSPS) is 15.2. The third-order valence-corrected chi connectivity index (χ3v) is 4.72. The zero-order valence-corrected chi connectivity index (χ0v) is 15.3. The maximum absolute atomic E-state index is 12.4. The monoisotopic (exact) mass is 387 g/mol. The number of likely N-dealkylation sites (tertiary alicyclic amines) is 1. The fraction of sp³-hybridized carbons (Fsp3) is 0.350. The quantitative estimate of drug-likeness (QED) is 0.690. The maximum Gasteiger partial charge on any atom is 0.338 e. The first-order valence-corrected chi connectivity index (χ1v) is 9.23. The number of carbonyl (C=O) groups is 1. The van der Waals surface area contributed by atoms with Crippen LogP contribution in [0.15, 0.2) is 53.0 Å². The zero-order valence-electron chi connectivity index (χ0n) is 13.7. The second-order valence-corrected chi connectivity index (χ2v) is 7.16. The SMILES string of the molecule is O=C(OCc1ccccc1)c1cc(Br)cc(CN2CCCCC2)c1. The van der Waals surface area contributed by atoms with Crippen LogP contribution in [0.2, 0.25) is 0 Å². The summed E-state index contributed by atoms with van der Waals surface area (Å²) in [6, 6.07) is 15.6. The van der Waals surface area contributed by atoms with Crippen molar-refractivity contribution in [1.82, 2.24) is 4.90 Å². The summed E-state index contributed by atoms with van der Waals surface area (Å²) in [5, 5.41) is 0. The molecule has 4 heteroatoms. The highest BCUT2D eigenvalue weighted by atomic mass is 79.9. The Kier molecular flexibility index (Phi) is 6.05. The Labute approximate surface area is 151 Å². The van der Waals surface area contributed by atoms with Crippen LogP contribution in [0.25, 0.3) is 0 Å². The number of hydrogen-bond acceptors (Lipinski definition) is 3. The Morgan fingerprint density at radius 3 is 2.50 bits per heavy atom. The van der Waals surface area contributed by atoms with Crippen molar-refractivity contribution < 1.29 is 9.53 Å². The molecule has 0 N–H and O–H groups in total. The van der Waals surface area contributed by atoms with Crippen molar-refractivity contribution in [3.63, 3.8) is 0 Å². The summed E-state index contributed by atoms with van der Waals surface area (Å²) in [5.41, 5.74) is 2.75. The molecule has 0 amide bonds. The minimum absolute atomic E-state index is 0.278. The predicted molar refractivity (Wildman–Crippen MR) is 98.8 cm³/mol. The van der Waals surface area contributed by atoms with Crippen molar-refractivity contribution in [3.8, 4) is 0 Å². The maximum atomic E-state index is 12.4. The molecule has 1 fully saturated rings. The molecule has 1 saturated heterocycles. The van der Waals surface area contributed by atoms with Crippen LogP contribution >= 0.6 is 15.9 Å². The van der Waals surface area contributed by atoms with Gasteiger partial charge in [0.15, 0.2) is 0 Å². The lowest BCUT2D eigenvalue weighted by atomic mass is 10.1. The Morgan fingerprint density at radius 1 is 1.00 bits per heavy atom. The first-order chi connectivity index (χ1) is 11.7. The van der Waals surface area contributed by atoms with E-state index < -0.39 is 0 Å². The molecule has 0 radical (unpaired) electrons. The van der Waals surface area contributed by atoms with Gasteiger partial charge in [-0.15, -0.1) is 0 Å². The molecule has 0 spiro atoms. The van der Waals surface area contributed by atoms with Crippen molar-refractivity contribution in [2.24, 2.45) is 0 Å². The van der Waals surface area contributed by atoms with Gasteiger partial charge in [-0.3, -0.25) is 4.90 Å². The summed E-state index contributed by atoms with van der Waals surface area (Å²) in [5.74, 6) is -0.278. The van der Waals surface area contributed by atoms with E-state index in [1.165, 1.54) is 19.3 Å². The Hall–Kier alpha value is -1.65. The van der Waals surface area contributed by atoms with Gasteiger partial charge in [-0.25, -0.2) is 4.79 Å². The Morgan fingerprint density at radius 2 is 1.75 bits per heavy atom. The van der Waals surface area contributed by atoms with Crippen LogP contribution in [0.3, 0.4) is 0 Å². The first kappa shape index (κ1) is 17.2. The average Bonchev–Trinajstić information content (AvgIpc) is 2.61. The van der Waals surface area contributed by atoms with Crippen molar-refractivity contribution in [2.75, 3.05) is 13.1 Å². The van der Waals surface area contributed by atoms with Gasteiger partial charge in [0.25, 0.3) is 0 Å². The Bertz CT molecular complexity index is 681. The van der Waals surface area contributed by atoms with Crippen molar-refractivity contribution >= 4 is 21.9 Å². The summed E-state index contributed by atoms with van der Waals surface area (Å²) in [7, 11) is 0. The highest BCUT2D eigenvalue weighted by Gasteiger charge is 2.14. The van der Waals surface area contributed by atoms with Crippen molar-refractivity contribution in [1.29, 1.82) is 0 Å². The van der Waals surface area contributed by atoms with E-state index >= 15 is 0 Å². The number of hydrogen-bond donors (Lipinski definition) is 0. The van der Waals surface area contributed by atoms with E-state index in [4.69, 9.17) is 4.74 Å². The molecule has 0 aliphatic carbocycles. The molecule has 0 aromatic heterocycles. The summed E-state index contributed by atoms with van der Waals surface area (Å²) in [4.78, 5) is 14.8. The number of halogens is 1. The number of benzene rings is 2. The van der Waals surface area contributed by atoms with E-state index in [1.54, 1.807) is 0 Å². The molecule has 0 atom stereocenters. The third-order valence-electron chi connectivity index (χ3n) is 4.26. The molecule has 126 valence electrons. The molecule has 1 heterocycles. The lowest BCUT2D eigenvalue weighted by molar-refractivity contribution is 0.0472. The summed E-state index contributed by atoms with van der Waals surface area (Å²) in [6.45, 7) is 3.46. The van der Waals surface area contributed by atoms with Crippen LogP contribution in [-0.4, -0.2) is 24.0 Å². The summed E-state index contributed by atoms with van der Waals surface area (Å²) < 4.78 is 6.36. The van der Waals surface area contributed by atoms with Gasteiger partial charge in [0.05, 0.1) is 5.56 Å². The van der Waals surface area contributed by atoms with Gasteiger partial charge in [-0.05, 0) is 55.3 Å². The topological polar surface area (TPSA) is 29.5 Å². The molecule has 1 aliphatic heterocycles. The smallest absolute Gasteiger partial charge is 0.338 e. The number of ether oxygens (including phenoxy) is 1. The first-order valence-electron chi connectivity index (χ1n) is 8.43. The third kappa shape index (κ3) is 4.92. The number of rotatable bonds is 5. The number of esters is 1. The van der Waals surface area contributed by atoms with E-state index in [-0.39, 0.29) is 5.97 Å². The van der Waals surface area contributed by atoms with E-state index in [0.717, 1.165) is 35.2 Å². The molecule has 24 heavy (non-hydrogen) atoms. The fourth-order valence-corrected chi connectivity index (χ4v) is 3.58. The molecule has 0 bridgehead atoms. The van der Waals surface area contributed by atoms with Crippen LogP contribution in [0.4, 0.5) is 0 Å². The lowest BCUT2D eigenvalue weighted by Crippen LogP contribution is -2.29. The van der Waals surface area contributed by atoms with Gasteiger partial charge in [0.1, 0.15) is 6.61 Å². The van der Waals surface area contributed by atoms with Crippen LogP contribution < -0.4 is 0 Å². The summed E-state index contributed by atoms with van der Waals surface area (Å²) >= 11 is 3.52. The molecule has 2 aromatic rings. The number of nitrogens with zero attached hydrogens (tertiary/aromatic N) is 1. The van der Waals surface area contributed by atoms with Gasteiger partial charge in [0.2, 0.25) is 0 Å². The number of carbonyl (C=O) groups excluding carboxylic acids is 1. The fourth-order valence-electron chi connectivity index (χ4n) is 3.04. The largest absolute Gasteiger partial charge is 0.457 e. The molecular formula is C20H22BrNO2. The van der Waals surface area contributed by atoms with E-state index in [2.05, 4.69) is 26.9 Å². The van der Waals surface area contributed by atoms with Crippen LogP contribution in [0, 0.1) is 0 Å². The van der Waals surface area contributed by atoms with Gasteiger partial charge in [-0.2, -0.15) is 0 Å². The van der Waals surface area contributed by atoms with E-state index in [9.17, 15) is 4.79 Å². The molecule has 3 rings (SSSR count). The Balaban J connectivity index is 1.64. The standard InChI is InChI=1S/C20H22BrNO2/c21-19-12-17(14-22-9-5-2-6-10-22)11-18(13-19)20(23)24-15-16-7-3-1-4-8-16/h1,3-4,7-8,11-13H,2,5-6,9-10,14-15H2. The molecule has 3 nitrogen and oxygen atoms in total.